The van der Waals surface area contributed by atoms with E-state index < -0.39 is 0 Å². The largest absolute Gasteiger partial charge is 0.353 e. The van der Waals surface area contributed by atoms with Crippen LogP contribution in [0.5, 0.6) is 0 Å². The van der Waals surface area contributed by atoms with Crippen LogP contribution in [-0.2, 0) is 4.79 Å². The Balaban J connectivity index is 1.93. The Hall–Kier alpha value is -0.220. The second-order valence-corrected chi connectivity index (χ2v) is 4.81. The third-order valence-corrected chi connectivity index (χ3v) is 3.04. The molecule has 1 atom stereocenters. The SMILES string of the molecule is CSCC(C)NCCC(=O)NC1CC1. The number of thioether (sulfide) groups is 1. The standard InChI is InChI=1S/C10H20N2OS/c1-8(7-14-2)11-6-5-10(13)12-9-3-4-9/h8-9,11H,3-7H2,1-2H3,(H,12,13). The van der Waals surface area contributed by atoms with Crippen molar-refractivity contribution in [2.75, 3.05) is 18.6 Å². The molecule has 2 N–H and O–H groups in total. The van der Waals surface area contributed by atoms with E-state index in [1.165, 1.54) is 12.8 Å². The monoisotopic (exact) mass is 216 g/mol. The fourth-order valence-corrected chi connectivity index (χ4v) is 1.89. The van der Waals surface area contributed by atoms with E-state index in [2.05, 4.69) is 23.8 Å². The van der Waals surface area contributed by atoms with E-state index in [4.69, 9.17) is 0 Å². The van der Waals surface area contributed by atoms with Gasteiger partial charge in [0.05, 0.1) is 0 Å². The molecule has 14 heavy (non-hydrogen) atoms. The van der Waals surface area contributed by atoms with E-state index in [0.717, 1.165) is 12.3 Å². The van der Waals surface area contributed by atoms with Crippen LogP contribution in [-0.4, -0.2) is 36.5 Å². The Bertz CT molecular complexity index is 183. The van der Waals surface area contributed by atoms with Crippen molar-refractivity contribution in [2.45, 2.75) is 38.3 Å². The van der Waals surface area contributed by atoms with Crippen LogP contribution in [0.2, 0.25) is 0 Å². The van der Waals surface area contributed by atoms with Gasteiger partial charge in [0.2, 0.25) is 5.91 Å². The summed E-state index contributed by atoms with van der Waals surface area (Å²) < 4.78 is 0. The van der Waals surface area contributed by atoms with Gasteiger partial charge in [0.15, 0.2) is 0 Å². The van der Waals surface area contributed by atoms with Gasteiger partial charge in [-0.3, -0.25) is 4.79 Å². The van der Waals surface area contributed by atoms with Gasteiger partial charge in [0.25, 0.3) is 0 Å². The molecule has 0 heterocycles. The summed E-state index contributed by atoms with van der Waals surface area (Å²) in [6.45, 7) is 2.94. The Morgan fingerprint density at radius 3 is 2.86 bits per heavy atom. The highest BCUT2D eigenvalue weighted by atomic mass is 32.2. The summed E-state index contributed by atoms with van der Waals surface area (Å²) in [5.41, 5.74) is 0. The molecule has 1 amide bonds. The smallest absolute Gasteiger partial charge is 0.221 e. The van der Waals surface area contributed by atoms with E-state index >= 15 is 0 Å². The zero-order valence-electron chi connectivity index (χ0n) is 9.01. The molecule has 0 aromatic carbocycles. The van der Waals surface area contributed by atoms with Crippen LogP contribution in [0.1, 0.15) is 26.2 Å². The minimum atomic E-state index is 0.191. The Morgan fingerprint density at radius 1 is 1.57 bits per heavy atom. The summed E-state index contributed by atoms with van der Waals surface area (Å²) in [5.74, 6) is 1.29. The summed E-state index contributed by atoms with van der Waals surface area (Å²) in [6.07, 6.45) is 5.04. The summed E-state index contributed by atoms with van der Waals surface area (Å²) in [5, 5.41) is 6.30. The molecular formula is C10H20N2OS. The normalized spacial score (nSPS) is 17.9. The number of carbonyl (C=O) groups is 1. The van der Waals surface area contributed by atoms with E-state index in [1.54, 1.807) is 0 Å². The van der Waals surface area contributed by atoms with Crippen LogP contribution in [0, 0.1) is 0 Å². The van der Waals surface area contributed by atoms with Gasteiger partial charge in [-0.1, -0.05) is 0 Å². The number of carbonyl (C=O) groups excluding carboxylic acids is 1. The third kappa shape index (κ3) is 5.50. The summed E-state index contributed by atoms with van der Waals surface area (Å²) in [6, 6.07) is 0.991. The minimum Gasteiger partial charge on any atom is -0.353 e. The van der Waals surface area contributed by atoms with Crippen LogP contribution < -0.4 is 10.6 Å². The predicted molar refractivity (Wildman–Crippen MR) is 61.6 cm³/mol. The zero-order valence-corrected chi connectivity index (χ0v) is 9.82. The summed E-state index contributed by atoms with van der Waals surface area (Å²) in [7, 11) is 0. The van der Waals surface area contributed by atoms with Crippen molar-refractivity contribution in [2.24, 2.45) is 0 Å². The Morgan fingerprint density at radius 2 is 2.29 bits per heavy atom. The molecule has 1 unspecified atom stereocenters. The molecule has 1 fully saturated rings. The molecule has 1 saturated carbocycles. The molecule has 0 aromatic rings. The maximum Gasteiger partial charge on any atom is 0.221 e. The third-order valence-electron chi connectivity index (χ3n) is 2.20. The lowest BCUT2D eigenvalue weighted by atomic mass is 10.3. The van der Waals surface area contributed by atoms with E-state index in [1.807, 2.05) is 11.8 Å². The molecule has 0 spiro atoms. The van der Waals surface area contributed by atoms with Gasteiger partial charge in [0, 0.05) is 30.8 Å². The van der Waals surface area contributed by atoms with Crippen LogP contribution in [0.3, 0.4) is 0 Å². The number of nitrogens with one attached hydrogen (secondary N) is 2. The highest BCUT2D eigenvalue weighted by Crippen LogP contribution is 2.18. The molecule has 1 rings (SSSR count). The fraction of sp³-hybridized carbons (Fsp3) is 0.900. The van der Waals surface area contributed by atoms with E-state index in [0.29, 0.717) is 18.5 Å². The van der Waals surface area contributed by atoms with Crippen molar-refractivity contribution in [3.05, 3.63) is 0 Å². The molecule has 0 aliphatic heterocycles. The molecule has 0 bridgehead atoms. The number of amides is 1. The first kappa shape index (κ1) is 11.9. The average Bonchev–Trinajstić information content (AvgIpc) is 2.88. The van der Waals surface area contributed by atoms with Gasteiger partial charge >= 0.3 is 0 Å². The fourth-order valence-electron chi connectivity index (χ4n) is 1.27. The van der Waals surface area contributed by atoms with Crippen molar-refractivity contribution < 1.29 is 4.79 Å². The van der Waals surface area contributed by atoms with Crippen molar-refractivity contribution >= 4 is 17.7 Å². The lowest BCUT2D eigenvalue weighted by Gasteiger charge is -2.11. The predicted octanol–water partition coefficient (Wildman–Crippen LogP) is 0.996. The molecule has 1 aliphatic rings. The Labute approximate surface area is 90.4 Å². The van der Waals surface area contributed by atoms with Gasteiger partial charge in [-0.05, 0) is 26.0 Å². The maximum atomic E-state index is 11.3. The second kappa shape index (κ2) is 6.30. The number of rotatable bonds is 7. The second-order valence-electron chi connectivity index (χ2n) is 3.90. The zero-order chi connectivity index (χ0) is 10.4. The van der Waals surface area contributed by atoms with E-state index in [9.17, 15) is 4.79 Å². The average molecular weight is 216 g/mol. The number of hydrogen-bond acceptors (Lipinski definition) is 3. The van der Waals surface area contributed by atoms with Gasteiger partial charge in [-0.15, -0.1) is 0 Å². The van der Waals surface area contributed by atoms with Crippen LogP contribution in [0.25, 0.3) is 0 Å². The first-order chi connectivity index (χ1) is 6.72. The van der Waals surface area contributed by atoms with Gasteiger partial charge in [-0.25, -0.2) is 0 Å². The Kier molecular flexibility index (Phi) is 5.33. The highest BCUT2D eigenvalue weighted by molar-refractivity contribution is 7.98. The lowest BCUT2D eigenvalue weighted by molar-refractivity contribution is -0.121. The lowest BCUT2D eigenvalue weighted by Crippen LogP contribution is -2.33. The number of hydrogen-bond donors (Lipinski definition) is 2. The summed E-state index contributed by atoms with van der Waals surface area (Å²) >= 11 is 1.83. The molecule has 4 heteroatoms. The summed E-state index contributed by atoms with van der Waals surface area (Å²) in [4.78, 5) is 11.3. The molecule has 0 saturated heterocycles. The molecule has 3 nitrogen and oxygen atoms in total. The topological polar surface area (TPSA) is 41.1 Å². The van der Waals surface area contributed by atoms with Crippen molar-refractivity contribution in [3.8, 4) is 0 Å². The molecule has 0 aromatic heterocycles. The van der Waals surface area contributed by atoms with Crippen molar-refractivity contribution in [1.82, 2.24) is 10.6 Å². The molecule has 0 radical (unpaired) electrons. The minimum absolute atomic E-state index is 0.191. The van der Waals surface area contributed by atoms with Crippen LogP contribution in [0.15, 0.2) is 0 Å². The first-order valence-electron chi connectivity index (χ1n) is 5.24. The van der Waals surface area contributed by atoms with Gasteiger partial charge in [0.1, 0.15) is 0 Å². The van der Waals surface area contributed by atoms with Gasteiger partial charge < -0.3 is 10.6 Å². The molecular weight excluding hydrogens is 196 g/mol. The molecule has 82 valence electrons. The van der Waals surface area contributed by atoms with E-state index in [-0.39, 0.29) is 5.91 Å². The quantitative estimate of drug-likeness (QED) is 0.667. The first-order valence-corrected chi connectivity index (χ1v) is 6.63. The van der Waals surface area contributed by atoms with Gasteiger partial charge in [-0.2, -0.15) is 11.8 Å². The van der Waals surface area contributed by atoms with Crippen molar-refractivity contribution in [1.29, 1.82) is 0 Å². The van der Waals surface area contributed by atoms with Crippen LogP contribution in [0.4, 0.5) is 0 Å². The highest BCUT2D eigenvalue weighted by Gasteiger charge is 2.22. The molecule has 1 aliphatic carbocycles. The van der Waals surface area contributed by atoms with Crippen LogP contribution >= 0.6 is 11.8 Å². The maximum absolute atomic E-state index is 11.3. The van der Waals surface area contributed by atoms with Crippen molar-refractivity contribution in [3.63, 3.8) is 0 Å².